The molecule has 0 amide bonds. The second-order valence-electron chi connectivity index (χ2n) is 4.81. The Balaban J connectivity index is 2.12. The third-order valence-corrected chi connectivity index (χ3v) is 3.26. The molecule has 3 aromatic rings. The SMILES string of the molecule is Cc1cccc(C(=O)c2cc(N)c3ccccc3n2)c1. The van der Waals surface area contributed by atoms with Gasteiger partial charge in [-0.25, -0.2) is 4.98 Å². The van der Waals surface area contributed by atoms with Gasteiger partial charge < -0.3 is 5.73 Å². The number of aryl methyl sites for hydroxylation is 1. The number of para-hydroxylation sites is 1. The van der Waals surface area contributed by atoms with Crippen LogP contribution in [0.15, 0.2) is 54.6 Å². The van der Waals surface area contributed by atoms with Crippen molar-refractivity contribution in [1.29, 1.82) is 0 Å². The van der Waals surface area contributed by atoms with Crippen LogP contribution in [0.5, 0.6) is 0 Å². The summed E-state index contributed by atoms with van der Waals surface area (Å²) in [4.78, 5) is 16.9. The van der Waals surface area contributed by atoms with E-state index in [1.165, 1.54) is 0 Å². The molecule has 0 atom stereocenters. The molecular formula is C17H14N2O. The molecule has 0 saturated carbocycles. The molecule has 3 nitrogen and oxygen atoms in total. The van der Waals surface area contributed by atoms with Crippen LogP contribution < -0.4 is 5.73 Å². The van der Waals surface area contributed by atoms with E-state index in [9.17, 15) is 4.79 Å². The largest absolute Gasteiger partial charge is 0.398 e. The number of nitrogens with zero attached hydrogens (tertiary/aromatic N) is 1. The normalized spacial score (nSPS) is 10.7. The van der Waals surface area contributed by atoms with Crippen LogP contribution in [-0.2, 0) is 0 Å². The van der Waals surface area contributed by atoms with Gasteiger partial charge in [-0.3, -0.25) is 4.79 Å². The van der Waals surface area contributed by atoms with Gasteiger partial charge in [0.15, 0.2) is 0 Å². The molecule has 0 bridgehead atoms. The maximum Gasteiger partial charge on any atom is 0.211 e. The van der Waals surface area contributed by atoms with Crippen LogP contribution in [0.4, 0.5) is 5.69 Å². The van der Waals surface area contributed by atoms with E-state index in [0.29, 0.717) is 16.9 Å². The monoisotopic (exact) mass is 262 g/mol. The van der Waals surface area contributed by atoms with Crippen LogP contribution in [0, 0.1) is 6.92 Å². The number of nitrogens with two attached hydrogens (primary N) is 1. The van der Waals surface area contributed by atoms with Crippen molar-refractivity contribution in [3.05, 3.63) is 71.4 Å². The first kappa shape index (κ1) is 12.4. The number of benzene rings is 2. The standard InChI is InChI=1S/C17H14N2O/c1-11-5-4-6-12(9-11)17(20)16-10-14(18)13-7-2-3-8-15(13)19-16/h2-10H,1H3,(H2,18,19). The van der Waals surface area contributed by atoms with Crippen LogP contribution in [0.25, 0.3) is 10.9 Å². The molecule has 2 N–H and O–H groups in total. The molecule has 0 aliphatic carbocycles. The van der Waals surface area contributed by atoms with Crippen molar-refractivity contribution in [2.45, 2.75) is 6.92 Å². The topological polar surface area (TPSA) is 56.0 Å². The summed E-state index contributed by atoms with van der Waals surface area (Å²) in [5.41, 5.74) is 9.38. The molecule has 0 aliphatic rings. The first-order valence-corrected chi connectivity index (χ1v) is 6.42. The summed E-state index contributed by atoms with van der Waals surface area (Å²) >= 11 is 0. The lowest BCUT2D eigenvalue weighted by Crippen LogP contribution is -2.06. The number of nitrogen functional groups attached to an aromatic ring is 1. The molecule has 0 aliphatic heterocycles. The molecule has 3 heteroatoms. The van der Waals surface area contributed by atoms with Gasteiger partial charge in [-0.2, -0.15) is 0 Å². The van der Waals surface area contributed by atoms with E-state index in [2.05, 4.69) is 4.98 Å². The number of pyridine rings is 1. The van der Waals surface area contributed by atoms with Crippen molar-refractivity contribution in [3.8, 4) is 0 Å². The van der Waals surface area contributed by atoms with Crippen molar-refractivity contribution >= 4 is 22.4 Å². The minimum absolute atomic E-state index is 0.105. The van der Waals surface area contributed by atoms with Crippen LogP contribution in [0.2, 0.25) is 0 Å². The van der Waals surface area contributed by atoms with Gasteiger partial charge in [-0.1, -0.05) is 42.0 Å². The van der Waals surface area contributed by atoms with Crippen molar-refractivity contribution in [2.24, 2.45) is 0 Å². The first-order valence-electron chi connectivity index (χ1n) is 6.42. The molecule has 98 valence electrons. The Morgan fingerprint density at radius 2 is 1.85 bits per heavy atom. The zero-order valence-electron chi connectivity index (χ0n) is 11.1. The fourth-order valence-electron chi connectivity index (χ4n) is 2.25. The van der Waals surface area contributed by atoms with E-state index in [0.717, 1.165) is 16.5 Å². The predicted molar refractivity (Wildman–Crippen MR) is 80.8 cm³/mol. The Morgan fingerprint density at radius 1 is 1.05 bits per heavy atom. The molecule has 1 heterocycles. The fourth-order valence-corrected chi connectivity index (χ4v) is 2.25. The minimum atomic E-state index is -0.105. The summed E-state index contributed by atoms with van der Waals surface area (Å²) in [5, 5.41) is 0.869. The number of carbonyl (C=O) groups excluding carboxylic acids is 1. The first-order chi connectivity index (χ1) is 9.65. The van der Waals surface area contributed by atoms with E-state index < -0.39 is 0 Å². The summed E-state index contributed by atoms with van der Waals surface area (Å²) in [5.74, 6) is -0.105. The average molecular weight is 262 g/mol. The van der Waals surface area contributed by atoms with Crippen LogP contribution >= 0.6 is 0 Å². The molecule has 3 rings (SSSR count). The molecule has 20 heavy (non-hydrogen) atoms. The number of ketones is 1. The van der Waals surface area contributed by atoms with Crippen LogP contribution in [0.1, 0.15) is 21.6 Å². The Morgan fingerprint density at radius 3 is 2.65 bits per heavy atom. The highest BCUT2D eigenvalue weighted by molar-refractivity contribution is 6.10. The van der Waals surface area contributed by atoms with Gasteiger partial charge in [-0.15, -0.1) is 0 Å². The third kappa shape index (κ3) is 2.14. The van der Waals surface area contributed by atoms with E-state index >= 15 is 0 Å². The quantitative estimate of drug-likeness (QED) is 0.720. The molecule has 0 fully saturated rings. The van der Waals surface area contributed by atoms with E-state index in [4.69, 9.17) is 5.73 Å². The highest BCUT2D eigenvalue weighted by Crippen LogP contribution is 2.21. The highest BCUT2D eigenvalue weighted by Gasteiger charge is 2.13. The van der Waals surface area contributed by atoms with Crippen LogP contribution in [0.3, 0.4) is 0 Å². The second kappa shape index (κ2) is 4.78. The fraction of sp³-hybridized carbons (Fsp3) is 0.0588. The van der Waals surface area contributed by atoms with Crippen molar-refractivity contribution in [2.75, 3.05) is 5.73 Å². The van der Waals surface area contributed by atoms with Gasteiger partial charge in [-0.05, 0) is 25.1 Å². The van der Waals surface area contributed by atoms with Gasteiger partial charge in [0, 0.05) is 16.6 Å². The number of fused-ring (bicyclic) bond motifs is 1. The Kier molecular flexibility index (Phi) is 2.95. The van der Waals surface area contributed by atoms with Gasteiger partial charge in [0.05, 0.1) is 5.52 Å². The minimum Gasteiger partial charge on any atom is -0.398 e. The summed E-state index contributed by atoms with van der Waals surface area (Å²) in [6, 6.07) is 16.7. The second-order valence-corrected chi connectivity index (χ2v) is 4.81. The van der Waals surface area contributed by atoms with Gasteiger partial charge in [0.1, 0.15) is 5.69 Å². The zero-order valence-corrected chi connectivity index (χ0v) is 11.1. The van der Waals surface area contributed by atoms with E-state index in [1.54, 1.807) is 12.1 Å². The molecular weight excluding hydrogens is 248 g/mol. The van der Waals surface area contributed by atoms with Crippen molar-refractivity contribution in [3.63, 3.8) is 0 Å². The van der Waals surface area contributed by atoms with Crippen LogP contribution in [-0.4, -0.2) is 10.8 Å². The Hall–Kier alpha value is -2.68. The van der Waals surface area contributed by atoms with Crippen molar-refractivity contribution in [1.82, 2.24) is 4.98 Å². The number of hydrogen-bond donors (Lipinski definition) is 1. The maximum atomic E-state index is 12.5. The maximum absolute atomic E-state index is 12.5. The number of anilines is 1. The number of carbonyl (C=O) groups is 1. The lowest BCUT2D eigenvalue weighted by molar-refractivity contribution is 0.103. The summed E-state index contributed by atoms with van der Waals surface area (Å²) in [6.07, 6.45) is 0. The number of hydrogen-bond acceptors (Lipinski definition) is 3. The molecule has 1 aromatic heterocycles. The van der Waals surface area contributed by atoms with Crippen molar-refractivity contribution < 1.29 is 4.79 Å². The van der Waals surface area contributed by atoms with Gasteiger partial charge >= 0.3 is 0 Å². The summed E-state index contributed by atoms with van der Waals surface area (Å²) in [7, 11) is 0. The Bertz CT molecular complexity index is 809. The zero-order chi connectivity index (χ0) is 14.1. The van der Waals surface area contributed by atoms with Gasteiger partial charge in [0.2, 0.25) is 5.78 Å². The molecule has 0 radical (unpaired) electrons. The predicted octanol–water partition coefficient (Wildman–Crippen LogP) is 3.36. The van der Waals surface area contributed by atoms with E-state index in [-0.39, 0.29) is 5.78 Å². The highest BCUT2D eigenvalue weighted by atomic mass is 16.1. The van der Waals surface area contributed by atoms with E-state index in [1.807, 2.05) is 49.4 Å². The molecule has 0 unspecified atom stereocenters. The summed E-state index contributed by atoms with van der Waals surface area (Å²) in [6.45, 7) is 1.96. The lowest BCUT2D eigenvalue weighted by atomic mass is 10.0. The molecule has 2 aromatic carbocycles. The molecule has 0 spiro atoms. The summed E-state index contributed by atoms with van der Waals surface area (Å²) < 4.78 is 0. The molecule has 0 saturated heterocycles. The van der Waals surface area contributed by atoms with Gasteiger partial charge in [0.25, 0.3) is 0 Å². The third-order valence-electron chi connectivity index (χ3n) is 3.26. The average Bonchev–Trinajstić information content (AvgIpc) is 2.46. The lowest BCUT2D eigenvalue weighted by Gasteiger charge is -2.06. The number of aromatic nitrogens is 1. The number of rotatable bonds is 2. The Labute approximate surface area is 117 Å². The smallest absolute Gasteiger partial charge is 0.211 e.